The molecule has 0 amide bonds. The predicted molar refractivity (Wildman–Crippen MR) is 71.3 cm³/mol. The average Bonchev–Trinajstić information content (AvgIpc) is 2.93. The number of hydrogen-bond donors (Lipinski definition) is 3. The zero-order valence-electron chi connectivity index (χ0n) is 10.3. The number of carbonyl (C=O) groups is 1. The van der Waals surface area contributed by atoms with E-state index in [1.165, 1.54) is 23.2 Å². The number of aromatic carboxylic acids is 1. The summed E-state index contributed by atoms with van der Waals surface area (Å²) in [6, 6.07) is 1.07. The summed E-state index contributed by atoms with van der Waals surface area (Å²) in [6.45, 7) is -0.0711. The monoisotopic (exact) mass is 317 g/mol. The van der Waals surface area contributed by atoms with E-state index in [1.807, 2.05) is 0 Å². The molecule has 108 valence electrons. The number of carboxylic acids is 1. The maximum atomic E-state index is 12.0. The third-order valence-corrected chi connectivity index (χ3v) is 4.62. The fraction of sp³-hybridized carbons (Fsp3) is 0.200. The zero-order chi connectivity index (χ0) is 14.9. The van der Waals surface area contributed by atoms with Gasteiger partial charge in [-0.3, -0.25) is 4.79 Å². The Balaban J connectivity index is 2.20. The highest BCUT2D eigenvalue weighted by molar-refractivity contribution is 7.89. The highest BCUT2D eigenvalue weighted by atomic mass is 32.2. The predicted octanol–water partition coefficient (Wildman–Crippen LogP) is -0.0484. The van der Waals surface area contributed by atoms with Crippen molar-refractivity contribution in [3.8, 4) is 0 Å². The van der Waals surface area contributed by atoms with Crippen molar-refractivity contribution in [2.24, 2.45) is 7.05 Å². The SMILES string of the molecule is Cn1cc(S(=O)(=O)NCc2csc(=O)[nH]2)cc1C(=O)O. The van der Waals surface area contributed by atoms with Crippen LogP contribution in [0.3, 0.4) is 0 Å². The summed E-state index contributed by atoms with van der Waals surface area (Å²) < 4.78 is 27.5. The van der Waals surface area contributed by atoms with E-state index in [-0.39, 0.29) is 22.0 Å². The number of sulfonamides is 1. The van der Waals surface area contributed by atoms with Crippen molar-refractivity contribution in [2.45, 2.75) is 11.4 Å². The van der Waals surface area contributed by atoms with Crippen LogP contribution in [-0.2, 0) is 23.6 Å². The standard InChI is InChI=1S/C10H11N3O5S2/c1-13-4-7(2-8(13)9(14)15)20(17,18)11-3-6-5-19-10(16)12-6/h2,4-5,11H,3H2,1H3,(H,12,16)(H,14,15). The summed E-state index contributed by atoms with van der Waals surface area (Å²) >= 11 is 0.934. The number of aromatic nitrogens is 2. The quantitative estimate of drug-likeness (QED) is 0.714. The Morgan fingerprint density at radius 1 is 1.55 bits per heavy atom. The van der Waals surface area contributed by atoms with Gasteiger partial charge in [-0.1, -0.05) is 11.3 Å². The third kappa shape index (κ3) is 2.98. The number of carboxylic acid groups (broad SMARTS) is 1. The fourth-order valence-corrected chi connectivity index (χ4v) is 3.21. The molecule has 20 heavy (non-hydrogen) atoms. The number of aryl methyl sites for hydroxylation is 1. The molecule has 0 unspecified atom stereocenters. The molecule has 0 radical (unpaired) electrons. The molecule has 0 atom stereocenters. The summed E-state index contributed by atoms with van der Waals surface area (Å²) in [6.07, 6.45) is 1.21. The molecule has 0 aromatic carbocycles. The molecule has 2 rings (SSSR count). The van der Waals surface area contributed by atoms with Crippen molar-refractivity contribution < 1.29 is 18.3 Å². The molecular formula is C10H11N3O5S2. The van der Waals surface area contributed by atoms with Crippen LogP contribution in [0.25, 0.3) is 0 Å². The Labute approximate surface area is 117 Å². The fourth-order valence-electron chi connectivity index (χ4n) is 1.55. The molecule has 0 saturated heterocycles. The van der Waals surface area contributed by atoms with Gasteiger partial charge in [-0.2, -0.15) is 0 Å². The van der Waals surface area contributed by atoms with Crippen molar-refractivity contribution in [1.29, 1.82) is 0 Å². The summed E-state index contributed by atoms with van der Waals surface area (Å²) in [7, 11) is -2.39. The molecule has 10 heteroatoms. The number of nitrogens with one attached hydrogen (secondary N) is 2. The first-order valence-corrected chi connectivity index (χ1v) is 7.72. The van der Waals surface area contributed by atoms with Gasteiger partial charge in [-0.25, -0.2) is 17.9 Å². The lowest BCUT2D eigenvalue weighted by Crippen LogP contribution is -2.23. The van der Waals surface area contributed by atoms with Crippen LogP contribution in [-0.4, -0.2) is 29.0 Å². The van der Waals surface area contributed by atoms with E-state index in [4.69, 9.17) is 5.11 Å². The lowest BCUT2D eigenvalue weighted by atomic mass is 10.4. The van der Waals surface area contributed by atoms with Crippen molar-refractivity contribution in [1.82, 2.24) is 14.3 Å². The van der Waals surface area contributed by atoms with Gasteiger partial charge in [0.2, 0.25) is 10.0 Å². The van der Waals surface area contributed by atoms with Crippen LogP contribution in [0.15, 0.2) is 27.3 Å². The third-order valence-electron chi connectivity index (χ3n) is 2.53. The second-order valence-electron chi connectivity index (χ2n) is 3.98. The van der Waals surface area contributed by atoms with Crippen LogP contribution < -0.4 is 9.60 Å². The number of aromatic amines is 1. The number of hydrogen-bond acceptors (Lipinski definition) is 5. The van der Waals surface area contributed by atoms with Crippen molar-refractivity contribution >= 4 is 27.3 Å². The van der Waals surface area contributed by atoms with Gasteiger partial charge in [-0.15, -0.1) is 0 Å². The van der Waals surface area contributed by atoms with Gasteiger partial charge in [0, 0.05) is 24.3 Å². The maximum Gasteiger partial charge on any atom is 0.352 e. The van der Waals surface area contributed by atoms with Gasteiger partial charge >= 0.3 is 10.8 Å². The molecule has 0 fully saturated rings. The molecule has 0 aliphatic heterocycles. The minimum Gasteiger partial charge on any atom is -0.477 e. The smallest absolute Gasteiger partial charge is 0.352 e. The van der Waals surface area contributed by atoms with Crippen LogP contribution >= 0.6 is 11.3 Å². The van der Waals surface area contributed by atoms with E-state index in [0.717, 1.165) is 17.4 Å². The molecule has 2 aromatic heterocycles. The van der Waals surface area contributed by atoms with Crippen molar-refractivity contribution in [3.63, 3.8) is 0 Å². The Kier molecular flexibility index (Phi) is 3.79. The Bertz CT molecular complexity index is 799. The van der Waals surface area contributed by atoms with Gasteiger partial charge in [0.05, 0.1) is 6.54 Å². The minimum atomic E-state index is -3.84. The van der Waals surface area contributed by atoms with Crippen molar-refractivity contribution in [3.05, 3.63) is 38.7 Å². The lowest BCUT2D eigenvalue weighted by molar-refractivity contribution is 0.0686. The van der Waals surface area contributed by atoms with Crippen molar-refractivity contribution in [2.75, 3.05) is 0 Å². The molecule has 0 aliphatic rings. The first-order valence-electron chi connectivity index (χ1n) is 5.35. The van der Waals surface area contributed by atoms with E-state index >= 15 is 0 Å². The molecular weight excluding hydrogens is 306 g/mol. The average molecular weight is 317 g/mol. The van der Waals surface area contributed by atoms with Gasteiger partial charge < -0.3 is 14.7 Å². The zero-order valence-corrected chi connectivity index (χ0v) is 11.9. The summed E-state index contributed by atoms with van der Waals surface area (Å²) in [5, 5.41) is 10.4. The molecule has 0 bridgehead atoms. The maximum absolute atomic E-state index is 12.0. The minimum absolute atomic E-state index is 0.0711. The van der Waals surface area contributed by atoms with E-state index in [1.54, 1.807) is 0 Å². The van der Waals surface area contributed by atoms with E-state index in [2.05, 4.69) is 9.71 Å². The second-order valence-corrected chi connectivity index (χ2v) is 6.58. The topological polar surface area (TPSA) is 121 Å². The number of nitrogens with zero attached hydrogens (tertiary/aromatic N) is 1. The van der Waals surface area contributed by atoms with Gasteiger partial charge in [0.1, 0.15) is 10.6 Å². The molecule has 3 N–H and O–H groups in total. The van der Waals surface area contributed by atoms with Crippen LogP contribution in [0.2, 0.25) is 0 Å². The largest absolute Gasteiger partial charge is 0.477 e. The normalized spacial score (nSPS) is 11.7. The first kappa shape index (κ1) is 14.5. The molecule has 0 saturated carbocycles. The molecule has 0 spiro atoms. The Morgan fingerprint density at radius 2 is 2.25 bits per heavy atom. The van der Waals surface area contributed by atoms with E-state index in [9.17, 15) is 18.0 Å². The Hall–Kier alpha value is -1.91. The number of rotatable bonds is 5. The van der Waals surface area contributed by atoms with Crippen LogP contribution in [0.1, 0.15) is 16.2 Å². The summed E-state index contributed by atoms with van der Waals surface area (Å²) in [4.78, 5) is 23.9. The highest BCUT2D eigenvalue weighted by Gasteiger charge is 2.20. The van der Waals surface area contributed by atoms with Crippen LogP contribution in [0.4, 0.5) is 0 Å². The van der Waals surface area contributed by atoms with E-state index < -0.39 is 16.0 Å². The summed E-state index contributed by atoms with van der Waals surface area (Å²) in [5.74, 6) is -1.21. The summed E-state index contributed by atoms with van der Waals surface area (Å²) in [5.41, 5.74) is 0.312. The van der Waals surface area contributed by atoms with Gasteiger partial charge in [0.15, 0.2) is 0 Å². The lowest BCUT2D eigenvalue weighted by Gasteiger charge is -2.02. The van der Waals surface area contributed by atoms with Crippen LogP contribution in [0.5, 0.6) is 0 Å². The molecule has 0 aliphatic carbocycles. The van der Waals surface area contributed by atoms with E-state index in [0.29, 0.717) is 5.69 Å². The van der Waals surface area contributed by atoms with Gasteiger partial charge in [-0.05, 0) is 6.07 Å². The second kappa shape index (κ2) is 5.23. The highest BCUT2D eigenvalue weighted by Crippen LogP contribution is 2.13. The molecule has 2 heterocycles. The van der Waals surface area contributed by atoms with Crippen LogP contribution in [0, 0.1) is 0 Å². The number of thiazole rings is 1. The first-order chi connectivity index (χ1) is 9.29. The molecule has 8 nitrogen and oxygen atoms in total. The molecule has 2 aromatic rings. The Morgan fingerprint density at radius 3 is 2.75 bits per heavy atom. The van der Waals surface area contributed by atoms with Gasteiger partial charge in [0.25, 0.3) is 0 Å². The number of H-pyrrole nitrogens is 1.